The molecule has 0 aliphatic heterocycles. The van der Waals surface area contributed by atoms with Gasteiger partial charge in [0.2, 0.25) is 0 Å². The molecule has 0 spiro atoms. The predicted octanol–water partition coefficient (Wildman–Crippen LogP) is 2.75. The van der Waals surface area contributed by atoms with Gasteiger partial charge in [0, 0.05) is 11.7 Å². The second-order valence-corrected chi connectivity index (χ2v) is 6.27. The fourth-order valence-corrected chi connectivity index (χ4v) is 3.73. The van der Waals surface area contributed by atoms with Crippen LogP contribution in [0.2, 0.25) is 0 Å². The summed E-state index contributed by atoms with van der Waals surface area (Å²) in [7, 11) is 0. The lowest BCUT2D eigenvalue weighted by Gasteiger charge is -2.24. The molecule has 108 valence electrons. The Hall–Kier alpha value is -1.34. The van der Waals surface area contributed by atoms with Gasteiger partial charge in [-0.25, -0.2) is 4.98 Å². The fourth-order valence-electron chi connectivity index (χ4n) is 3.73. The Kier molecular flexibility index (Phi) is 3.80. The maximum atomic E-state index is 9.56. The van der Waals surface area contributed by atoms with Crippen LogP contribution < -0.4 is 5.32 Å². The van der Waals surface area contributed by atoms with Crippen LogP contribution in [0.15, 0.2) is 6.33 Å². The molecule has 2 unspecified atom stereocenters. The molecule has 0 aromatic carbocycles. The highest BCUT2D eigenvalue weighted by Crippen LogP contribution is 2.39. The summed E-state index contributed by atoms with van der Waals surface area (Å²) in [6.45, 7) is 3.08. The number of nitrogens with one attached hydrogen (secondary N) is 1. The zero-order valence-corrected chi connectivity index (χ0v) is 12.4. The van der Waals surface area contributed by atoms with Crippen LogP contribution in [0.25, 0.3) is 0 Å². The second kappa shape index (κ2) is 5.57. The van der Waals surface area contributed by atoms with Crippen molar-refractivity contribution in [2.45, 2.75) is 69.9 Å². The Morgan fingerprint density at radius 1 is 1.50 bits per heavy atom. The monoisotopic (exact) mass is 272 g/mol. The quantitative estimate of drug-likeness (QED) is 0.917. The van der Waals surface area contributed by atoms with E-state index in [1.54, 1.807) is 0 Å². The standard InChI is InChI=1S/C16H24N4/c1-2-9-19-16(11-17)8-7-13(10-16)20-12-18-14-5-3-4-6-15(14)20/h12-13,19H,2-10H2,1H3. The summed E-state index contributed by atoms with van der Waals surface area (Å²) in [4.78, 5) is 4.60. The first-order valence-electron chi connectivity index (χ1n) is 7.99. The number of hydrogen-bond acceptors (Lipinski definition) is 3. The van der Waals surface area contributed by atoms with Gasteiger partial charge in [-0.15, -0.1) is 0 Å². The first-order valence-corrected chi connectivity index (χ1v) is 7.99. The van der Waals surface area contributed by atoms with Gasteiger partial charge in [-0.2, -0.15) is 5.26 Å². The van der Waals surface area contributed by atoms with Gasteiger partial charge in [0.1, 0.15) is 5.54 Å². The summed E-state index contributed by atoms with van der Waals surface area (Å²) in [5.74, 6) is 0. The number of fused-ring (bicyclic) bond motifs is 1. The van der Waals surface area contributed by atoms with E-state index in [1.165, 1.54) is 24.2 Å². The average molecular weight is 272 g/mol. The molecule has 2 aliphatic carbocycles. The van der Waals surface area contributed by atoms with Crippen LogP contribution in [-0.2, 0) is 12.8 Å². The van der Waals surface area contributed by atoms with Crippen molar-refractivity contribution in [2.24, 2.45) is 0 Å². The lowest BCUT2D eigenvalue weighted by Crippen LogP contribution is -2.42. The largest absolute Gasteiger partial charge is 0.331 e. The van der Waals surface area contributed by atoms with Gasteiger partial charge in [-0.1, -0.05) is 6.92 Å². The van der Waals surface area contributed by atoms with E-state index in [-0.39, 0.29) is 5.54 Å². The van der Waals surface area contributed by atoms with E-state index in [9.17, 15) is 5.26 Å². The minimum Gasteiger partial charge on any atom is -0.331 e. The van der Waals surface area contributed by atoms with E-state index < -0.39 is 0 Å². The summed E-state index contributed by atoms with van der Waals surface area (Å²) in [6.07, 6.45) is 10.9. The van der Waals surface area contributed by atoms with Crippen molar-refractivity contribution in [1.82, 2.24) is 14.9 Å². The van der Waals surface area contributed by atoms with Gasteiger partial charge in [0.25, 0.3) is 0 Å². The van der Waals surface area contributed by atoms with Crippen molar-refractivity contribution in [2.75, 3.05) is 6.54 Å². The zero-order valence-electron chi connectivity index (χ0n) is 12.4. The normalized spacial score (nSPS) is 29.1. The third kappa shape index (κ3) is 2.35. The molecule has 2 atom stereocenters. The highest BCUT2D eigenvalue weighted by molar-refractivity contribution is 5.20. The molecular weight excluding hydrogens is 248 g/mol. The van der Waals surface area contributed by atoms with Gasteiger partial charge in [-0.3, -0.25) is 5.32 Å². The van der Waals surface area contributed by atoms with E-state index in [0.717, 1.165) is 45.1 Å². The van der Waals surface area contributed by atoms with Crippen LogP contribution in [0, 0.1) is 11.3 Å². The van der Waals surface area contributed by atoms with Crippen LogP contribution in [0.3, 0.4) is 0 Å². The second-order valence-electron chi connectivity index (χ2n) is 6.27. The Balaban J connectivity index is 1.77. The van der Waals surface area contributed by atoms with Crippen LogP contribution in [0.5, 0.6) is 0 Å². The molecule has 4 nitrogen and oxygen atoms in total. The summed E-state index contributed by atoms with van der Waals surface area (Å²) >= 11 is 0. The molecular formula is C16H24N4. The number of imidazole rings is 1. The molecule has 2 aliphatic rings. The Labute approximate surface area is 121 Å². The summed E-state index contributed by atoms with van der Waals surface area (Å²) in [5.41, 5.74) is 2.42. The third-order valence-corrected chi connectivity index (χ3v) is 4.87. The Morgan fingerprint density at radius 3 is 3.15 bits per heavy atom. The zero-order chi connectivity index (χ0) is 14.0. The molecule has 1 fully saturated rings. The van der Waals surface area contributed by atoms with Gasteiger partial charge >= 0.3 is 0 Å². The van der Waals surface area contributed by atoms with Gasteiger partial charge in [-0.05, 0) is 57.9 Å². The number of aromatic nitrogens is 2. The maximum Gasteiger partial charge on any atom is 0.108 e. The third-order valence-electron chi connectivity index (χ3n) is 4.87. The van der Waals surface area contributed by atoms with Crippen LogP contribution in [0.1, 0.15) is 62.9 Å². The van der Waals surface area contributed by atoms with Crippen LogP contribution >= 0.6 is 0 Å². The van der Waals surface area contributed by atoms with E-state index in [1.807, 2.05) is 6.33 Å². The molecule has 4 heteroatoms. The topological polar surface area (TPSA) is 53.6 Å². The molecule has 0 bridgehead atoms. The Morgan fingerprint density at radius 2 is 2.35 bits per heavy atom. The van der Waals surface area contributed by atoms with Crippen LogP contribution in [0.4, 0.5) is 0 Å². The van der Waals surface area contributed by atoms with Gasteiger partial charge in [0.05, 0.1) is 18.1 Å². The molecule has 0 amide bonds. The molecule has 20 heavy (non-hydrogen) atoms. The van der Waals surface area contributed by atoms with Crippen molar-refractivity contribution < 1.29 is 0 Å². The number of hydrogen-bond donors (Lipinski definition) is 1. The summed E-state index contributed by atoms with van der Waals surface area (Å²) in [6, 6.07) is 2.99. The summed E-state index contributed by atoms with van der Waals surface area (Å²) < 4.78 is 2.38. The maximum absolute atomic E-state index is 9.56. The van der Waals surface area contributed by atoms with Crippen molar-refractivity contribution in [3.63, 3.8) is 0 Å². The van der Waals surface area contributed by atoms with E-state index in [4.69, 9.17) is 0 Å². The minimum atomic E-state index is -0.313. The van der Waals surface area contributed by atoms with Crippen LogP contribution in [-0.4, -0.2) is 21.6 Å². The number of nitrogens with zero attached hydrogens (tertiary/aromatic N) is 3. The molecule has 3 rings (SSSR count). The lowest BCUT2D eigenvalue weighted by molar-refractivity contribution is 0.396. The van der Waals surface area contributed by atoms with Crippen molar-refractivity contribution in [3.8, 4) is 6.07 Å². The number of aryl methyl sites for hydroxylation is 1. The lowest BCUT2D eigenvalue weighted by atomic mass is 9.98. The summed E-state index contributed by atoms with van der Waals surface area (Å²) in [5, 5.41) is 13.0. The number of nitriles is 1. The first-order chi connectivity index (χ1) is 9.78. The number of rotatable bonds is 4. The molecule has 1 N–H and O–H groups in total. The smallest absolute Gasteiger partial charge is 0.108 e. The van der Waals surface area contributed by atoms with E-state index in [0.29, 0.717) is 6.04 Å². The fraction of sp³-hybridized carbons (Fsp3) is 0.750. The molecule has 1 aromatic heterocycles. The SMILES string of the molecule is CCCNC1(C#N)CCC(n2cnc3c2CCCC3)C1. The van der Waals surface area contributed by atoms with Crippen molar-refractivity contribution in [3.05, 3.63) is 17.7 Å². The molecule has 0 radical (unpaired) electrons. The van der Waals surface area contributed by atoms with Crippen molar-refractivity contribution in [1.29, 1.82) is 5.26 Å². The van der Waals surface area contributed by atoms with Gasteiger partial charge in [0.15, 0.2) is 0 Å². The van der Waals surface area contributed by atoms with Gasteiger partial charge < -0.3 is 4.57 Å². The predicted molar refractivity (Wildman–Crippen MR) is 78.4 cm³/mol. The molecule has 1 saturated carbocycles. The molecule has 0 saturated heterocycles. The molecule has 1 aromatic rings. The Bertz CT molecular complexity index is 513. The average Bonchev–Trinajstić information content (AvgIpc) is 3.09. The molecule has 1 heterocycles. The van der Waals surface area contributed by atoms with Crippen molar-refractivity contribution >= 4 is 0 Å². The minimum absolute atomic E-state index is 0.313. The highest BCUT2D eigenvalue weighted by atomic mass is 15.1. The first kappa shape index (κ1) is 13.6. The van der Waals surface area contributed by atoms with E-state index >= 15 is 0 Å². The highest BCUT2D eigenvalue weighted by Gasteiger charge is 2.40. The van der Waals surface area contributed by atoms with E-state index in [2.05, 4.69) is 27.9 Å².